The average Bonchev–Trinajstić information content (AvgIpc) is 2.23. The van der Waals surface area contributed by atoms with Crippen LogP contribution in [-0.2, 0) is 0 Å². The van der Waals surface area contributed by atoms with E-state index in [1.807, 2.05) is 0 Å². The van der Waals surface area contributed by atoms with Crippen LogP contribution in [0.4, 0.5) is 11.4 Å². The van der Waals surface area contributed by atoms with Crippen LogP contribution in [-0.4, -0.2) is 17.7 Å². The maximum absolute atomic E-state index is 10.5. The Bertz CT molecular complexity index is 452. The first kappa shape index (κ1) is 13.2. The molecule has 0 radical (unpaired) electrons. The van der Waals surface area contributed by atoms with E-state index < -0.39 is 6.10 Å². The van der Waals surface area contributed by atoms with Gasteiger partial charge in [0.15, 0.2) is 0 Å². The van der Waals surface area contributed by atoms with Crippen LogP contribution in [0.3, 0.4) is 0 Å². The Morgan fingerprint density at radius 2 is 2.06 bits per heavy atom. The van der Waals surface area contributed by atoms with Gasteiger partial charge in [-0.1, -0.05) is 13.8 Å². The van der Waals surface area contributed by atoms with Gasteiger partial charge in [0.05, 0.1) is 6.10 Å². The molecule has 0 amide bonds. The highest BCUT2D eigenvalue weighted by Crippen LogP contribution is 2.43. The summed E-state index contributed by atoms with van der Waals surface area (Å²) in [6.45, 7) is 11.3. The van der Waals surface area contributed by atoms with Gasteiger partial charge in [-0.2, -0.15) is 0 Å². The predicted octanol–water partition coefficient (Wildman–Crippen LogP) is 3.30. The van der Waals surface area contributed by atoms with Crippen LogP contribution in [0.2, 0.25) is 0 Å². The first-order chi connectivity index (χ1) is 8.31. The van der Waals surface area contributed by atoms with Crippen molar-refractivity contribution >= 4 is 11.4 Å². The molecule has 1 unspecified atom stereocenters. The zero-order valence-corrected chi connectivity index (χ0v) is 12.0. The van der Waals surface area contributed by atoms with Gasteiger partial charge in [0.2, 0.25) is 0 Å². The average molecular weight is 248 g/mol. The lowest BCUT2D eigenvalue weighted by Crippen LogP contribution is -2.35. The lowest BCUT2D eigenvalue weighted by atomic mass is 9.78. The fraction of sp³-hybridized carbons (Fsp3) is 0.600. The molecule has 100 valence electrons. The maximum atomic E-state index is 10.5. The summed E-state index contributed by atoms with van der Waals surface area (Å²) in [7, 11) is 0. The summed E-state index contributed by atoms with van der Waals surface area (Å²) in [5.74, 6) is 0. The highest BCUT2D eigenvalue weighted by Gasteiger charge is 2.35. The zero-order chi connectivity index (χ0) is 13.5. The smallest absolute Gasteiger partial charge is 0.0878 e. The van der Waals surface area contributed by atoms with Gasteiger partial charge in [-0.3, -0.25) is 0 Å². The molecule has 18 heavy (non-hydrogen) atoms. The van der Waals surface area contributed by atoms with Crippen molar-refractivity contribution in [1.29, 1.82) is 0 Å². The Kier molecular flexibility index (Phi) is 3.28. The number of hydrogen-bond acceptors (Lipinski definition) is 3. The van der Waals surface area contributed by atoms with Gasteiger partial charge in [-0.15, -0.1) is 0 Å². The molecule has 1 heterocycles. The van der Waals surface area contributed by atoms with E-state index in [1.165, 1.54) is 5.56 Å². The molecule has 3 heteroatoms. The summed E-state index contributed by atoms with van der Waals surface area (Å²) in [6.07, 6.45) is -0.415. The lowest BCUT2D eigenvalue weighted by Gasteiger charge is -2.38. The normalized spacial score (nSPS) is 21.4. The second kappa shape index (κ2) is 4.47. The largest absolute Gasteiger partial charge is 0.388 e. The highest BCUT2D eigenvalue weighted by atomic mass is 16.3. The molecule has 0 saturated carbocycles. The van der Waals surface area contributed by atoms with Crippen LogP contribution in [0.1, 0.15) is 44.9 Å². The summed E-state index contributed by atoms with van der Waals surface area (Å²) in [4.78, 5) is 0. The first-order valence-corrected chi connectivity index (χ1v) is 6.64. The van der Waals surface area contributed by atoms with Crippen molar-refractivity contribution in [1.82, 2.24) is 0 Å². The van der Waals surface area contributed by atoms with E-state index in [-0.39, 0.29) is 5.41 Å². The van der Waals surface area contributed by atoms with Crippen molar-refractivity contribution in [3.8, 4) is 0 Å². The summed E-state index contributed by atoms with van der Waals surface area (Å²) in [5, 5.41) is 17.4. The standard InChI is InChI=1S/C15H24N2O/c1-9(2)17-11-6-10(3)13-12(7-11)14(18)15(4,5)8-16-13/h6-7,9,14,16-18H,8H2,1-5H3. The molecule has 0 fully saturated rings. The third-order valence-electron chi connectivity index (χ3n) is 3.58. The van der Waals surface area contributed by atoms with Crippen molar-refractivity contribution in [3.05, 3.63) is 23.3 Å². The van der Waals surface area contributed by atoms with Crippen LogP contribution in [0.25, 0.3) is 0 Å². The number of fused-ring (bicyclic) bond motifs is 1. The molecule has 1 atom stereocenters. The van der Waals surface area contributed by atoms with Gasteiger partial charge in [0.1, 0.15) is 0 Å². The van der Waals surface area contributed by atoms with Crippen LogP contribution >= 0.6 is 0 Å². The Morgan fingerprint density at radius 3 is 2.67 bits per heavy atom. The summed E-state index contributed by atoms with van der Waals surface area (Å²) >= 11 is 0. The second-order valence-electron chi connectivity index (χ2n) is 6.30. The minimum atomic E-state index is -0.415. The molecule has 0 saturated heterocycles. The lowest BCUT2D eigenvalue weighted by molar-refractivity contribution is 0.0540. The topological polar surface area (TPSA) is 44.3 Å². The number of rotatable bonds is 2. The Morgan fingerprint density at radius 1 is 1.39 bits per heavy atom. The van der Waals surface area contributed by atoms with Crippen LogP contribution in [0.5, 0.6) is 0 Å². The molecule has 2 rings (SSSR count). The quantitative estimate of drug-likeness (QED) is 0.752. The third-order valence-corrected chi connectivity index (χ3v) is 3.58. The molecular weight excluding hydrogens is 224 g/mol. The Hall–Kier alpha value is -1.22. The number of aliphatic hydroxyl groups is 1. The van der Waals surface area contributed by atoms with E-state index in [1.54, 1.807) is 0 Å². The molecule has 3 N–H and O–H groups in total. The fourth-order valence-electron chi connectivity index (χ4n) is 2.52. The van der Waals surface area contributed by atoms with Gasteiger partial charge >= 0.3 is 0 Å². The van der Waals surface area contributed by atoms with Gasteiger partial charge in [-0.25, -0.2) is 0 Å². The van der Waals surface area contributed by atoms with Crippen molar-refractivity contribution in [2.75, 3.05) is 17.2 Å². The second-order valence-corrected chi connectivity index (χ2v) is 6.30. The molecule has 1 aromatic rings. The predicted molar refractivity (Wildman–Crippen MR) is 77.2 cm³/mol. The van der Waals surface area contributed by atoms with Gasteiger partial charge in [0.25, 0.3) is 0 Å². The highest BCUT2D eigenvalue weighted by molar-refractivity contribution is 5.67. The molecule has 0 spiro atoms. The maximum Gasteiger partial charge on any atom is 0.0878 e. The van der Waals surface area contributed by atoms with E-state index in [0.717, 1.165) is 23.5 Å². The molecule has 0 aromatic heterocycles. The summed E-state index contributed by atoms with van der Waals surface area (Å²) in [5.41, 5.74) is 4.24. The minimum absolute atomic E-state index is 0.129. The molecule has 0 bridgehead atoms. The first-order valence-electron chi connectivity index (χ1n) is 6.64. The van der Waals surface area contributed by atoms with Crippen LogP contribution < -0.4 is 10.6 Å². The van der Waals surface area contributed by atoms with E-state index in [0.29, 0.717) is 6.04 Å². The van der Waals surface area contributed by atoms with E-state index in [4.69, 9.17) is 0 Å². The molecule has 1 aromatic carbocycles. The van der Waals surface area contributed by atoms with Gasteiger partial charge in [-0.05, 0) is 38.5 Å². The van der Waals surface area contributed by atoms with E-state index in [2.05, 4.69) is 57.4 Å². The number of benzene rings is 1. The molecule has 3 nitrogen and oxygen atoms in total. The van der Waals surface area contributed by atoms with E-state index >= 15 is 0 Å². The number of nitrogens with one attached hydrogen (secondary N) is 2. The Balaban J connectivity index is 2.44. The number of aliphatic hydroxyl groups excluding tert-OH is 1. The molecule has 1 aliphatic rings. The Labute approximate surface area is 110 Å². The zero-order valence-electron chi connectivity index (χ0n) is 12.0. The third kappa shape index (κ3) is 2.32. The fourth-order valence-corrected chi connectivity index (χ4v) is 2.52. The van der Waals surface area contributed by atoms with Crippen molar-refractivity contribution in [3.63, 3.8) is 0 Å². The number of aryl methyl sites for hydroxylation is 1. The van der Waals surface area contributed by atoms with Crippen molar-refractivity contribution < 1.29 is 5.11 Å². The molecule has 0 aliphatic carbocycles. The van der Waals surface area contributed by atoms with E-state index in [9.17, 15) is 5.11 Å². The molecule has 1 aliphatic heterocycles. The number of hydrogen-bond donors (Lipinski definition) is 3. The SMILES string of the molecule is Cc1cc(NC(C)C)cc2c1NCC(C)(C)C2O. The summed E-state index contributed by atoms with van der Waals surface area (Å²) < 4.78 is 0. The molecular formula is C15H24N2O. The van der Waals surface area contributed by atoms with Gasteiger partial charge in [0, 0.05) is 34.9 Å². The summed E-state index contributed by atoms with van der Waals surface area (Å²) in [6, 6.07) is 4.60. The van der Waals surface area contributed by atoms with Crippen molar-refractivity contribution in [2.45, 2.75) is 46.8 Å². The monoisotopic (exact) mass is 248 g/mol. The van der Waals surface area contributed by atoms with Crippen molar-refractivity contribution in [2.24, 2.45) is 5.41 Å². The van der Waals surface area contributed by atoms with Crippen LogP contribution in [0, 0.1) is 12.3 Å². The number of anilines is 2. The minimum Gasteiger partial charge on any atom is -0.388 e. The van der Waals surface area contributed by atoms with Gasteiger partial charge < -0.3 is 15.7 Å². The van der Waals surface area contributed by atoms with Crippen LogP contribution in [0.15, 0.2) is 12.1 Å².